The lowest BCUT2D eigenvalue weighted by Gasteiger charge is -2.22. The molecule has 0 saturated heterocycles. The Morgan fingerprint density at radius 2 is 1.71 bits per heavy atom. The highest BCUT2D eigenvalue weighted by atomic mass is 19.1. The molecule has 0 aliphatic heterocycles. The van der Waals surface area contributed by atoms with Crippen molar-refractivity contribution in [2.75, 3.05) is 6.54 Å². The second-order valence-electron chi connectivity index (χ2n) is 10.1. The molecular weight excluding hydrogens is 519 g/mol. The number of para-hydroxylation sites is 1. The van der Waals surface area contributed by atoms with E-state index in [9.17, 15) is 19.2 Å². The summed E-state index contributed by atoms with van der Waals surface area (Å²) in [5.41, 5.74) is 4.10. The van der Waals surface area contributed by atoms with Gasteiger partial charge in [0.05, 0.1) is 17.2 Å². The summed E-state index contributed by atoms with van der Waals surface area (Å²) in [6.07, 6.45) is 4.46. The van der Waals surface area contributed by atoms with Gasteiger partial charge in [-0.25, -0.2) is 4.39 Å². The predicted molar refractivity (Wildman–Crippen MR) is 153 cm³/mol. The van der Waals surface area contributed by atoms with E-state index in [-0.39, 0.29) is 17.7 Å². The number of carbonyl (C=O) groups is 2. The fraction of sp³-hybridized carbons (Fsp3) is 0.152. The molecule has 1 atom stereocenters. The van der Waals surface area contributed by atoms with Gasteiger partial charge in [0.2, 0.25) is 0 Å². The maximum atomic E-state index is 13.9. The van der Waals surface area contributed by atoms with Crippen LogP contribution in [0.4, 0.5) is 4.39 Å². The second-order valence-corrected chi connectivity index (χ2v) is 10.1. The lowest BCUT2D eigenvalue weighted by molar-refractivity contribution is 0.0940. The average molecular weight is 547 g/mol. The molecule has 7 nitrogen and oxygen atoms in total. The smallest absolute Gasteiger partial charge is 0.255 e. The predicted octanol–water partition coefficient (Wildman–Crippen LogP) is 6.41. The van der Waals surface area contributed by atoms with Crippen molar-refractivity contribution in [1.29, 1.82) is 5.26 Å². The van der Waals surface area contributed by atoms with E-state index in [1.807, 2.05) is 26.0 Å². The number of furan rings is 1. The first-order chi connectivity index (χ1) is 19.8. The van der Waals surface area contributed by atoms with Crippen LogP contribution in [0.3, 0.4) is 0 Å². The molecule has 0 aliphatic carbocycles. The fourth-order valence-electron chi connectivity index (χ4n) is 4.60. The van der Waals surface area contributed by atoms with Gasteiger partial charge >= 0.3 is 0 Å². The molecule has 5 rings (SSSR count). The first-order valence-corrected chi connectivity index (χ1v) is 13.1. The zero-order valence-electron chi connectivity index (χ0n) is 22.5. The standard InChI is InChI=1S/C33H27FN4O3/c1-20(2)16-37-32(39)28-14-23(9-12-26(28)24-13-21(15-35)17-36-18-24)31(22-7-10-25(34)11-8-22)38-33(40)29-19-41-30-6-4-3-5-27(29)30/h3-14,17-20,31H,16H2,1-2H3,(H,37,39)(H,38,40). The summed E-state index contributed by atoms with van der Waals surface area (Å²) in [6.45, 7) is 4.46. The maximum absolute atomic E-state index is 13.9. The largest absolute Gasteiger partial charge is 0.463 e. The first kappa shape index (κ1) is 27.3. The van der Waals surface area contributed by atoms with E-state index in [2.05, 4.69) is 21.7 Å². The Morgan fingerprint density at radius 3 is 2.46 bits per heavy atom. The molecule has 2 amide bonds. The number of pyridine rings is 1. The van der Waals surface area contributed by atoms with Crippen LogP contribution in [0.1, 0.15) is 57.3 Å². The van der Waals surface area contributed by atoms with Gasteiger partial charge in [-0.1, -0.05) is 56.3 Å². The van der Waals surface area contributed by atoms with Crippen LogP contribution in [-0.4, -0.2) is 23.3 Å². The number of nitrogens with zero attached hydrogens (tertiary/aromatic N) is 2. The maximum Gasteiger partial charge on any atom is 0.255 e. The molecular formula is C33H27FN4O3. The van der Waals surface area contributed by atoms with Crippen LogP contribution >= 0.6 is 0 Å². The molecule has 5 aromatic rings. The van der Waals surface area contributed by atoms with E-state index in [0.717, 1.165) is 0 Å². The van der Waals surface area contributed by atoms with E-state index < -0.39 is 11.9 Å². The summed E-state index contributed by atoms with van der Waals surface area (Å²) in [5.74, 6) is -0.869. The van der Waals surface area contributed by atoms with Crippen LogP contribution in [0.2, 0.25) is 0 Å². The summed E-state index contributed by atoms with van der Waals surface area (Å²) in [7, 11) is 0. The first-order valence-electron chi connectivity index (χ1n) is 13.1. The van der Waals surface area contributed by atoms with Crippen molar-refractivity contribution in [3.63, 3.8) is 0 Å². The van der Waals surface area contributed by atoms with Crippen molar-refractivity contribution in [2.45, 2.75) is 19.9 Å². The van der Waals surface area contributed by atoms with E-state index in [4.69, 9.17) is 4.42 Å². The molecule has 0 saturated carbocycles. The van der Waals surface area contributed by atoms with E-state index in [1.165, 1.54) is 24.6 Å². The van der Waals surface area contributed by atoms with Gasteiger partial charge in [0, 0.05) is 35.5 Å². The van der Waals surface area contributed by atoms with Crippen molar-refractivity contribution in [1.82, 2.24) is 15.6 Å². The van der Waals surface area contributed by atoms with E-state index in [0.29, 0.717) is 56.5 Å². The lowest BCUT2D eigenvalue weighted by atomic mass is 9.91. The minimum atomic E-state index is -0.717. The van der Waals surface area contributed by atoms with Crippen LogP contribution in [-0.2, 0) is 0 Å². The Labute approximate surface area is 236 Å². The highest BCUT2D eigenvalue weighted by molar-refractivity contribution is 6.06. The van der Waals surface area contributed by atoms with Gasteiger partial charge in [-0.05, 0) is 52.9 Å². The van der Waals surface area contributed by atoms with Crippen molar-refractivity contribution in [3.05, 3.63) is 125 Å². The number of halogens is 1. The quantitative estimate of drug-likeness (QED) is 0.234. The van der Waals surface area contributed by atoms with Gasteiger partial charge in [0.25, 0.3) is 11.8 Å². The summed E-state index contributed by atoms with van der Waals surface area (Å²) in [4.78, 5) is 31.2. The van der Waals surface area contributed by atoms with Crippen molar-refractivity contribution in [3.8, 4) is 17.2 Å². The molecule has 0 fully saturated rings. The zero-order valence-corrected chi connectivity index (χ0v) is 22.5. The van der Waals surface area contributed by atoms with Gasteiger partial charge in [-0.2, -0.15) is 5.26 Å². The number of carbonyl (C=O) groups excluding carboxylic acids is 2. The third-order valence-electron chi connectivity index (χ3n) is 6.68. The number of hydrogen-bond acceptors (Lipinski definition) is 5. The summed E-state index contributed by atoms with van der Waals surface area (Å²) >= 11 is 0. The number of nitrogens with one attached hydrogen (secondary N) is 2. The third kappa shape index (κ3) is 5.99. The highest BCUT2D eigenvalue weighted by Gasteiger charge is 2.23. The molecule has 41 heavy (non-hydrogen) atoms. The van der Waals surface area contributed by atoms with Crippen molar-refractivity contribution >= 4 is 22.8 Å². The normalized spacial score (nSPS) is 11.7. The second kappa shape index (κ2) is 11.8. The molecule has 2 N–H and O–H groups in total. The fourth-order valence-corrected chi connectivity index (χ4v) is 4.60. The highest BCUT2D eigenvalue weighted by Crippen LogP contribution is 2.31. The van der Waals surface area contributed by atoms with E-state index >= 15 is 0 Å². The monoisotopic (exact) mass is 546 g/mol. The molecule has 2 aromatic heterocycles. The van der Waals surface area contributed by atoms with E-state index in [1.54, 1.807) is 54.7 Å². The topological polar surface area (TPSA) is 108 Å². The number of aromatic nitrogens is 1. The molecule has 0 spiro atoms. The SMILES string of the molecule is CC(C)CNC(=O)c1cc(C(NC(=O)c2coc3ccccc23)c2ccc(F)cc2)ccc1-c1cncc(C#N)c1. The van der Waals surface area contributed by atoms with Gasteiger partial charge in [0.1, 0.15) is 23.7 Å². The van der Waals surface area contributed by atoms with Crippen LogP contribution < -0.4 is 10.6 Å². The lowest BCUT2D eigenvalue weighted by Crippen LogP contribution is -2.30. The minimum Gasteiger partial charge on any atom is -0.463 e. The number of fused-ring (bicyclic) bond motifs is 1. The van der Waals surface area contributed by atoms with Crippen LogP contribution in [0.25, 0.3) is 22.1 Å². The van der Waals surface area contributed by atoms with Crippen molar-refractivity contribution < 1.29 is 18.4 Å². The Morgan fingerprint density at radius 1 is 0.951 bits per heavy atom. The van der Waals surface area contributed by atoms with Gasteiger partial charge in [0.15, 0.2) is 0 Å². The third-order valence-corrected chi connectivity index (χ3v) is 6.68. The zero-order chi connectivity index (χ0) is 28.9. The summed E-state index contributed by atoms with van der Waals surface area (Å²) < 4.78 is 19.4. The van der Waals surface area contributed by atoms with Crippen LogP contribution in [0.15, 0.2) is 95.9 Å². The molecule has 0 aliphatic rings. The summed E-state index contributed by atoms with van der Waals surface area (Å²) in [5, 5.41) is 16.1. The number of amides is 2. The van der Waals surface area contributed by atoms with Crippen LogP contribution in [0.5, 0.6) is 0 Å². The van der Waals surface area contributed by atoms with Gasteiger partial charge in [-0.15, -0.1) is 0 Å². The molecule has 0 radical (unpaired) electrons. The van der Waals surface area contributed by atoms with Crippen molar-refractivity contribution in [2.24, 2.45) is 5.92 Å². The molecule has 0 bridgehead atoms. The van der Waals surface area contributed by atoms with Gasteiger partial charge < -0.3 is 15.1 Å². The number of hydrogen-bond donors (Lipinski definition) is 2. The Balaban J connectivity index is 1.60. The Kier molecular flexibility index (Phi) is 7.88. The molecule has 8 heteroatoms. The molecule has 1 unspecified atom stereocenters. The molecule has 2 heterocycles. The summed E-state index contributed by atoms with van der Waals surface area (Å²) in [6, 6.07) is 21.4. The van der Waals surface area contributed by atoms with Crippen LogP contribution in [0, 0.1) is 23.1 Å². The van der Waals surface area contributed by atoms with Gasteiger partial charge in [-0.3, -0.25) is 14.6 Å². The Hall–Kier alpha value is -5.29. The Bertz CT molecular complexity index is 1770. The average Bonchev–Trinajstić information content (AvgIpc) is 3.43. The number of benzene rings is 3. The minimum absolute atomic E-state index is 0.227. The molecule has 204 valence electrons. The number of rotatable bonds is 8. The number of nitriles is 1. The molecule has 3 aromatic carbocycles.